The Morgan fingerprint density at radius 1 is 0.889 bits per heavy atom. The van der Waals surface area contributed by atoms with Crippen molar-refractivity contribution in [1.82, 2.24) is 14.9 Å². The van der Waals surface area contributed by atoms with E-state index in [4.69, 9.17) is 36.1 Å². The van der Waals surface area contributed by atoms with Gasteiger partial charge in [0.15, 0.2) is 0 Å². The summed E-state index contributed by atoms with van der Waals surface area (Å²) in [5.41, 5.74) is 0. The average Bonchev–Trinajstić information content (AvgIpc) is 2.81. The first kappa shape index (κ1) is 30.7. The minimum absolute atomic E-state index is 0.684. The summed E-state index contributed by atoms with van der Waals surface area (Å²) in [6.45, 7) is 5.51. The summed E-state index contributed by atoms with van der Waals surface area (Å²) in [4.78, 5) is 31.0. The molecule has 3 rings (SSSR count). The zero-order valence-corrected chi connectivity index (χ0v) is 19.1. The number of halogens is 7. The normalized spacial score (nSPS) is 14.0. The van der Waals surface area contributed by atoms with Gasteiger partial charge in [0.1, 0.15) is 12.4 Å². The Hall–Kier alpha value is -3.33. The summed E-state index contributed by atoms with van der Waals surface area (Å²) in [6, 6.07) is 9.32. The fraction of sp³-hybridized carbons (Fsp3) is 0.400. The Bertz CT molecular complexity index is 916. The monoisotopic (exact) mass is 546 g/mol. The molecule has 0 bridgehead atoms. The van der Waals surface area contributed by atoms with Crippen molar-refractivity contribution in [2.45, 2.75) is 12.4 Å². The Morgan fingerprint density at radius 3 is 1.75 bits per heavy atom. The number of anilines is 1. The second kappa shape index (κ2) is 14.3. The van der Waals surface area contributed by atoms with Gasteiger partial charge in [0, 0.05) is 50.1 Å². The minimum atomic E-state index is -5.08. The maximum absolute atomic E-state index is 10.6. The smallest absolute Gasteiger partial charge is 0.490 e. The number of ether oxygens (including phenoxy) is 1. The minimum Gasteiger partial charge on any atom is -0.492 e. The van der Waals surface area contributed by atoms with Crippen LogP contribution < -0.4 is 9.64 Å². The summed E-state index contributed by atoms with van der Waals surface area (Å²) in [7, 11) is 0. The topological polar surface area (TPSA) is 116 Å². The number of aromatic nitrogens is 2. The van der Waals surface area contributed by atoms with E-state index in [1.807, 2.05) is 30.3 Å². The first-order valence-corrected chi connectivity index (χ1v) is 10.3. The lowest BCUT2D eigenvalue weighted by atomic mass is 10.3. The second-order valence-corrected chi connectivity index (χ2v) is 7.22. The van der Waals surface area contributed by atoms with E-state index in [1.165, 1.54) is 0 Å². The van der Waals surface area contributed by atoms with Gasteiger partial charge in [-0.15, -0.1) is 0 Å². The third-order valence-electron chi connectivity index (χ3n) is 4.18. The maximum Gasteiger partial charge on any atom is 0.490 e. The molecule has 36 heavy (non-hydrogen) atoms. The van der Waals surface area contributed by atoms with Crippen molar-refractivity contribution >= 4 is 29.5 Å². The molecule has 2 N–H and O–H groups in total. The van der Waals surface area contributed by atoms with Crippen molar-refractivity contribution in [1.29, 1.82) is 0 Å². The number of piperazine rings is 1. The van der Waals surface area contributed by atoms with Crippen molar-refractivity contribution in [3.63, 3.8) is 0 Å². The lowest BCUT2D eigenvalue weighted by Gasteiger charge is -2.34. The lowest BCUT2D eigenvalue weighted by molar-refractivity contribution is -0.193. The molecule has 1 aliphatic rings. The SMILES string of the molecule is Clc1ccc(OCCN2CCN(c3ncccn3)CC2)cc1.O=C(O)C(F)(F)F.O=C(O)C(F)(F)F. The number of rotatable bonds is 5. The molecule has 1 aromatic carbocycles. The zero-order chi connectivity index (χ0) is 27.4. The van der Waals surface area contributed by atoms with Gasteiger partial charge in [-0.05, 0) is 30.3 Å². The number of hydrogen-bond donors (Lipinski definition) is 2. The number of benzene rings is 1. The first-order valence-electron chi connectivity index (χ1n) is 9.93. The van der Waals surface area contributed by atoms with Crippen LogP contribution in [-0.2, 0) is 9.59 Å². The molecule has 0 radical (unpaired) electrons. The summed E-state index contributed by atoms with van der Waals surface area (Å²) in [5, 5.41) is 15.0. The number of carbonyl (C=O) groups is 2. The van der Waals surface area contributed by atoms with E-state index in [9.17, 15) is 26.3 Å². The predicted molar refractivity (Wildman–Crippen MR) is 115 cm³/mol. The molecule has 9 nitrogen and oxygen atoms in total. The number of carboxylic acids is 2. The quantitative estimate of drug-likeness (QED) is 0.543. The molecule has 1 aliphatic heterocycles. The third-order valence-corrected chi connectivity index (χ3v) is 4.43. The highest BCUT2D eigenvalue weighted by atomic mass is 35.5. The van der Waals surface area contributed by atoms with E-state index in [2.05, 4.69) is 19.8 Å². The van der Waals surface area contributed by atoms with Crippen LogP contribution in [-0.4, -0.2) is 88.7 Å². The van der Waals surface area contributed by atoms with Crippen LogP contribution in [0.15, 0.2) is 42.7 Å². The van der Waals surface area contributed by atoms with Crippen molar-refractivity contribution in [2.75, 3.05) is 44.2 Å². The molecule has 0 saturated carbocycles. The van der Waals surface area contributed by atoms with Crippen molar-refractivity contribution in [3.05, 3.63) is 47.7 Å². The summed E-state index contributed by atoms with van der Waals surface area (Å²) in [6.07, 6.45) is -6.59. The van der Waals surface area contributed by atoms with E-state index >= 15 is 0 Å². The van der Waals surface area contributed by atoms with Crippen molar-refractivity contribution < 1.29 is 50.9 Å². The molecular weight excluding hydrogens is 526 g/mol. The molecule has 1 aromatic heterocycles. The molecule has 200 valence electrons. The second-order valence-electron chi connectivity index (χ2n) is 6.79. The van der Waals surface area contributed by atoms with E-state index in [-0.39, 0.29) is 0 Å². The van der Waals surface area contributed by atoms with Gasteiger partial charge >= 0.3 is 24.3 Å². The zero-order valence-electron chi connectivity index (χ0n) is 18.3. The van der Waals surface area contributed by atoms with E-state index < -0.39 is 24.3 Å². The Balaban J connectivity index is 0.000000383. The number of nitrogens with zero attached hydrogens (tertiary/aromatic N) is 4. The van der Waals surface area contributed by atoms with Crippen LogP contribution in [0.5, 0.6) is 5.75 Å². The predicted octanol–water partition coefficient (Wildman–Crippen LogP) is 3.60. The summed E-state index contributed by atoms with van der Waals surface area (Å²) in [5.74, 6) is -3.83. The molecule has 0 atom stereocenters. The molecule has 2 heterocycles. The highest BCUT2D eigenvalue weighted by molar-refractivity contribution is 6.30. The van der Waals surface area contributed by atoms with Crippen LogP contribution in [0.3, 0.4) is 0 Å². The molecule has 1 fully saturated rings. The largest absolute Gasteiger partial charge is 0.492 e. The van der Waals surface area contributed by atoms with Crippen LogP contribution in [0, 0.1) is 0 Å². The molecule has 0 spiro atoms. The number of alkyl halides is 6. The van der Waals surface area contributed by atoms with Gasteiger partial charge < -0.3 is 19.8 Å². The molecule has 2 aromatic rings. The highest BCUT2D eigenvalue weighted by Crippen LogP contribution is 2.16. The lowest BCUT2D eigenvalue weighted by Crippen LogP contribution is -2.48. The van der Waals surface area contributed by atoms with Crippen molar-refractivity contribution in [2.24, 2.45) is 0 Å². The molecule has 1 saturated heterocycles. The van der Waals surface area contributed by atoms with Crippen LogP contribution in [0.4, 0.5) is 32.3 Å². The van der Waals surface area contributed by atoms with Crippen molar-refractivity contribution in [3.8, 4) is 5.75 Å². The first-order chi connectivity index (χ1) is 16.7. The van der Waals surface area contributed by atoms with E-state index in [0.29, 0.717) is 6.61 Å². The van der Waals surface area contributed by atoms with Gasteiger partial charge in [0.05, 0.1) is 0 Å². The van der Waals surface area contributed by atoms with Crippen LogP contribution >= 0.6 is 11.6 Å². The van der Waals surface area contributed by atoms with Gasteiger partial charge in [-0.3, -0.25) is 4.90 Å². The van der Waals surface area contributed by atoms with Gasteiger partial charge in [-0.25, -0.2) is 19.6 Å². The highest BCUT2D eigenvalue weighted by Gasteiger charge is 2.38. The molecular formula is C20H21ClF6N4O5. The molecule has 16 heteroatoms. The van der Waals surface area contributed by atoms with Gasteiger partial charge in [-0.1, -0.05) is 11.6 Å². The van der Waals surface area contributed by atoms with E-state index in [0.717, 1.165) is 49.4 Å². The molecule has 0 amide bonds. The Morgan fingerprint density at radius 2 is 1.33 bits per heavy atom. The molecule has 0 aliphatic carbocycles. The average molecular weight is 547 g/mol. The van der Waals surface area contributed by atoms with Crippen LogP contribution in [0.25, 0.3) is 0 Å². The Kier molecular flexibility index (Phi) is 12.2. The standard InChI is InChI=1S/C16H19ClN4O.2C2HF3O2/c17-14-2-4-15(5-3-14)22-13-12-20-8-10-21(11-9-20)16-18-6-1-7-19-16;2*3-2(4,5)1(6)7/h1-7H,8-13H2;2*(H,6,7). The van der Waals surface area contributed by atoms with Gasteiger partial charge in [0.25, 0.3) is 0 Å². The maximum atomic E-state index is 10.6. The summed E-state index contributed by atoms with van der Waals surface area (Å²) >= 11 is 5.85. The Labute approximate surface area is 205 Å². The number of carboxylic acid groups (broad SMARTS) is 2. The third kappa shape index (κ3) is 12.4. The summed E-state index contributed by atoms with van der Waals surface area (Å²) < 4.78 is 69.2. The fourth-order valence-electron chi connectivity index (χ4n) is 2.45. The fourth-order valence-corrected chi connectivity index (χ4v) is 2.58. The molecule has 0 unspecified atom stereocenters. The van der Waals surface area contributed by atoms with Gasteiger partial charge in [-0.2, -0.15) is 26.3 Å². The number of hydrogen-bond acceptors (Lipinski definition) is 7. The van der Waals surface area contributed by atoms with Crippen LogP contribution in [0.1, 0.15) is 0 Å². The van der Waals surface area contributed by atoms with Crippen LogP contribution in [0.2, 0.25) is 5.02 Å². The van der Waals surface area contributed by atoms with E-state index in [1.54, 1.807) is 12.4 Å². The number of aliphatic carboxylic acids is 2. The van der Waals surface area contributed by atoms with Gasteiger partial charge in [0.2, 0.25) is 5.95 Å².